The van der Waals surface area contributed by atoms with Gasteiger partial charge in [0.1, 0.15) is 11.3 Å². The molecule has 2 aromatic rings. The van der Waals surface area contributed by atoms with E-state index in [1.54, 1.807) is 31.3 Å². The average Bonchev–Trinajstić information content (AvgIpc) is 2.48. The molecule has 0 unspecified atom stereocenters. The lowest BCUT2D eigenvalue weighted by Crippen LogP contribution is -2.06. The summed E-state index contributed by atoms with van der Waals surface area (Å²) in [6.07, 6.45) is 3.77. The first-order valence-corrected chi connectivity index (χ1v) is 6.95. The van der Waals surface area contributed by atoms with E-state index < -0.39 is 0 Å². The Labute approximate surface area is 118 Å². The molecule has 0 spiro atoms. The van der Waals surface area contributed by atoms with Crippen LogP contribution in [0.1, 0.15) is 37.0 Å². The van der Waals surface area contributed by atoms with E-state index in [4.69, 9.17) is 9.47 Å². The van der Waals surface area contributed by atoms with Crippen LogP contribution in [0, 0.1) is 0 Å². The van der Waals surface area contributed by atoms with Gasteiger partial charge in [0.2, 0.25) is 0 Å². The van der Waals surface area contributed by atoms with Crippen molar-refractivity contribution in [3.05, 3.63) is 36.0 Å². The summed E-state index contributed by atoms with van der Waals surface area (Å²) in [5.74, 6) is 0.382. The minimum atomic E-state index is -0.328. The highest BCUT2D eigenvalue weighted by Crippen LogP contribution is 2.27. The Morgan fingerprint density at radius 1 is 1.25 bits per heavy atom. The molecule has 20 heavy (non-hydrogen) atoms. The highest BCUT2D eigenvalue weighted by atomic mass is 16.5. The predicted molar refractivity (Wildman–Crippen MR) is 78.1 cm³/mol. The molecular formula is C16H19NO3. The maximum atomic E-state index is 11.9. The normalized spacial score (nSPS) is 10.5. The number of pyridine rings is 1. The minimum absolute atomic E-state index is 0.328. The molecule has 0 saturated carbocycles. The van der Waals surface area contributed by atoms with E-state index in [0.29, 0.717) is 30.0 Å². The number of unbranched alkanes of at least 4 members (excludes halogenated alkanes) is 1. The predicted octanol–water partition coefficient (Wildman–Crippen LogP) is 3.59. The molecule has 0 amide bonds. The number of aromatic nitrogens is 1. The maximum absolute atomic E-state index is 11.9. The van der Waals surface area contributed by atoms with E-state index in [-0.39, 0.29) is 5.97 Å². The fourth-order valence-electron chi connectivity index (χ4n) is 1.98. The molecule has 106 valence electrons. The zero-order valence-electron chi connectivity index (χ0n) is 11.9. The van der Waals surface area contributed by atoms with Crippen LogP contribution in [0.3, 0.4) is 0 Å². The highest BCUT2D eigenvalue weighted by molar-refractivity contribution is 6.05. The van der Waals surface area contributed by atoms with Gasteiger partial charge >= 0.3 is 5.97 Å². The number of hydrogen-bond donors (Lipinski definition) is 0. The van der Waals surface area contributed by atoms with Gasteiger partial charge in [-0.25, -0.2) is 4.79 Å². The molecule has 4 heteroatoms. The van der Waals surface area contributed by atoms with Crippen molar-refractivity contribution in [1.29, 1.82) is 0 Å². The summed E-state index contributed by atoms with van der Waals surface area (Å²) in [6, 6.07) is 7.20. The third-order valence-electron chi connectivity index (χ3n) is 2.98. The first-order valence-electron chi connectivity index (χ1n) is 6.95. The Morgan fingerprint density at radius 3 is 2.85 bits per heavy atom. The molecule has 0 N–H and O–H groups in total. The fraction of sp³-hybridized carbons (Fsp3) is 0.375. The number of benzene rings is 1. The van der Waals surface area contributed by atoms with Crippen LogP contribution in [0.4, 0.5) is 0 Å². The van der Waals surface area contributed by atoms with Gasteiger partial charge in [0.05, 0.1) is 18.8 Å². The molecule has 0 aliphatic heterocycles. The third-order valence-corrected chi connectivity index (χ3v) is 2.98. The average molecular weight is 273 g/mol. The summed E-state index contributed by atoms with van der Waals surface area (Å²) in [5, 5.41) is 0.764. The molecule has 0 aliphatic rings. The summed E-state index contributed by atoms with van der Waals surface area (Å²) in [7, 11) is 0. The van der Waals surface area contributed by atoms with Gasteiger partial charge in [-0.3, -0.25) is 4.98 Å². The lowest BCUT2D eigenvalue weighted by molar-refractivity contribution is 0.0528. The smallest absolute Gasteiger partial charge is 0.338 e. The molecule has 0 fully saturated rings. The van der Waals surface area contributed by atoms with Crippen molar-refractivity contribution >= 4 is 16.9 Å². The van der Waals surface area contributed by atoms with Crippen LogP contribution in [-0.2, 0) is 4.74 Å². The number of nitrogens with zero attached hydrogens (tertiary/aromatic N) is 1. The van der Waals surface area contributed by atoms with E-state index in [1.165, 1.54) is 0 Å². The topological polar surface area (TPSA) is 48.4 Å². The monoisotopic (exact) mass is 273 g/mol. The molecule has 0 saturated heterocycles. The Hall–Kier alpha value is -2.10. The summed E-state index contributed by atoms with van der Waals surface area (Å²) in [6.45, 7) is 4.92. The lowest BCUT2D eigenvalue weighted by Gasteiger charge is -2.11. The number of ether oxygens (including phenoxy) is 2. The largest absolute Gasteiger partial charge is 0.491 e. The fourth-order valence-corrected chi connectivity index (χ4v) is 1.98. The number of fused-ring (bicyclic) bond motifs is 1. The van der Waals surface area contributed by atoms with E-state index >= 15 is 0 Å². The van der Waals surface area contributed by atoms with Gasteiger partial charge in [0.15, 0.2) is 0 Å². The molecule has 0 bridgehead atoms. The summed E-state index contributed by atoms with van der Waals surface area (Å²) in [5.41, 5.74) is 1.23. The van der Waals surface area contributed by atoms with Crippen molar-refractivity contribution in [3.63, 3.8) is 0 Å². The maximum Gasteiger partial charge on any atom is 0.338 e. The van der Waals surface area contributed by atoms with Crippen molar-refractivity contribution in [2.45, 2.75) is 26.7 Å². The van der Waals surface area contributed by atoms with Gasteiger partial charge in [-0.2, -0.15) is 0 Å². The molecule has 1 aromatic carbocycles. The van der Waals surface area contributed by atoms with E-state index in [0.717, 1.165) is 18.2 Å². The van der Waals surface area contributed by atoms with Crippen LogP contribution < -0.4 is 4.74 Å². The highest BCUT2D eigenvalue weighted by Gasteiger charge is 2.14. The Kier molecular flexibility index (Phi) is 4.93. The van der Waals surface area contributed by atoms with Crippen molar-refractivity contribution in [2.24, 2.45) is 0 Å². The van der Waals surface area contributed by atoms with E-state index in [2.05, 4.69) is 11.9 Å². The standard InChI is InChI=1S/C16H19NO3/c1-3-5-11-20-14-9-8-13(16(18)19-4-2)12-7-6-10-17-15(12)14/h6-10H,3-5,11H2,1-2H3. The number of carbonyl (C=O) groups is 1. The van der Waals surface area contributed by atoms with Crippen LogP contribution in [0.2, 0.25) is 0 Å². The summed E-state index contributed by atoms with van der Waals surface area (Å²) in [4.78, 5) is 16.3. The van der Waals surface area contributed by atoms with Crippen LogP contribution >= 0.6 is 0 Å². The number of carbonyl (C=O) groups excluding carboxylic acids is 1. The molecule has 1 aromatic heterocycles. The van der Waals surface area contributed by atoms with Gasteiger partial charge < -0.3 is 9.47 Å². The summed E-state index contributed by atoms with van der Waals surface area (Å²) >= 11 is 0. The lowest BCUT2D eigenvalue weighted by atomic mass is 10.1. The van der Waals surface area contributed by atoms with Crippen LogP contribution in [0.5, 0.6) is 5.75 Å². The van der Waals surface area contributed by atoms with Crippen molar-refractivity contribution in [1.82, 2.24) is 4.98 Å². The second-order valence-corrected chi connectivity index (χ2v) is 4.43. The molecule has 1 heterocycles. The van der Waals surface area contributed by atoms with E-state index in [1.807, 2.05) is 6.07 Å². The molecule has 0 aliphatic carbocycles. The number of rotatable bonds is 6. The molecule has 0 radical (unpaired) electrons. The second kappa shape index (κ2) is 6.89. The number of esters is 1. The molecule has 0 atom stereocenters. The summed E-state index contributed by atoms with van der Waals surface area (Å²) < 4.78 is 10.8. The first kappa shape index (κ1) is 14.3. The molecule has 2 rings (SSSR count). The molecule has 4 nitrogen and oxygen atoms in total. The minimum Gasteiger partial charge on any atom is -0.491 e. The Balaban J connectivity index is 2.39. The van der Waals surface area contributed by atoms with Crippen molar-refractivity contribution in [3.8, 4) is 5.75 Å². The zero-order valence-corrected chi connectivity index (χ0v) is 11.9. The van der Waals surface area contributed by atoms with Crippen LogP contribution in [0.25, 0.3) is 10.9 Å². The van der Waals surface area contributed by atoms with Crippen molar-refractivity contribution < 1.29 is 14.3 Å². The molecular weight excluding hydrogens is 254 g/mol. The van der Waals surface area contributed by atoms with Crippen LogP contribution in [0.15, 0.2) is 30.5 Å². The second-order valence-electron chi connectivity index (χ2n) is 4.43. The first-order chi connectivity index (χ1) is 9.77. The van der Waals surface area contributed by atoms with Crippen LogP contribution in [-0.4, -0.2) is 24.2 Å². The Morgan fingerprint density at radius 2 is 2.10 bits per heavy atom. The van der Waals surface area contributed by atoms with E-state index in [9.17, 15) is 4.79 Å². The zero-order chi connectivity index (χ0) is 14.4. The van der Waals surface area contributed by atoms with Crippen molar-refractivity contribution in [2.75, 3.05) is 13.2 Å². The van der Waals surface area contributed by atoms with Gasteiger partial charge in [-0.15, -0.1) is 0 Å². The van der Waals surface area contributed by atoms with Gasteiger partial charge in [0.25, 0.3) is 0 Å². The Bertz CT molecular complexity index is 595. The SMILES string of the molecule is CCCCOc1ccc(C(=O)OCC)c2cccnc12. The van der Waals surface area contributed by atoms with Gasteiger partial charge in [0, 0.05) is 11.6 Å². The van der Waals surface area contributed by atoms with Gasteiger partial charge in [-0.1, -0.05) is 19.4 Å². The number of hydrogen-bond acceptors (Lipinski definition) is 4. The quantitative estimate of drug-likeness (QED) is 0.596. The van der Waals surface area contributed by atoms with Gasteiger partial charge in [-0.05, 0) is 31.5 Å². The third kappa shape index (κ3) is 3.07.